The van der Waals surface area contributed by atoms with Crippen LogP contribution in [0.5, 0.6) is 0 Å². The van der Waals surface area contributed by atoms with Crippen LogP contribution in [-0.2, 0) is 22.6 Å². The van der Waals surface area contributed by atoms with Crippen LogP contribution in [0.3, 0.4) is 0 Å². The highest BCUT2D eigenvalue weighted by Crippen LogP contribution is 2.34. The van der Waals surface area contributed by atoms with E-state index in [1.165, 1.54) is 22.2 Å². The standard InChI is InChI=1S/C24H24N4O3S/c1-13-6-5-7-16(8-13)26-21(29)14(2)28-12-25-19-17-9-15-11-31-24(3,4)10-18(15)27-22(17)32-20(19)23(28)30/h5-9,12,14H,10-11H2,1-4H3,(H,26,29). The van der Waals surface area contributed by atoms with Gasteiger partial charge in [0.15, 0.2) is 0 Å². The fourth-order valence-corrected chi connectivity index (χ4v) is 5.10. The molecule has 1 atom stereocenters. The molecule has 164 valence electrons. The van der Waals surface area contributed by atoms with Crippen LogP contribution in [0, 0.1) is 6.92 Å². The summed E-state index contributed by atoms with van der Waals surface area (Å²) in [6.45, 7) is 8.26. The number of fused-ring (bicyclic) bond motifs is 4. The van der Waals surface area contributed by atoms with Gasteiger partial charge in [-0.2, -0.15) is 0 Å². The molecule has 1 aliphatic heterocycles. The highest BCUT2D eigenvalue weighted by molar-refractivity contribution is 7.25. The quantitative estimate of drug-likeness (QED) is 0.503. The molecule has 1 aromatic carbocycles. The van der Waals surface area contributed by atoms with Gasteiger partial charge in [-0.1, -0.05) is 12.1 Å². The number of hydrogen-bond donors (Lipinski definition) is 1. The molecular weight excluding hydrogens is 424 g/mol. The summed E-state index contributed by atoms with van der Waals surface area (Å²) in [5.41, 5.74) is 3.92. The van der Waals surface area contributed by atoms with E-state index < -0.39 is 6.04 Å². The third kappa shape index (κ3) is 3.59. The molecule has 0 aliphatic carbocycles. The number of carbonyl (C=O) groups excluding carboxylic acids is 1. The molecule has 3 aromatic heterocycles. The fourth-order valence-electron chi connectivity index (χ4n) is 4.03. The second-order valence-corrected chi connectivity index (χ2v) is 9.94. The Labute approximate surface area is 189 Å². The fraction of sp³-hybridized carbons (Fsp3) is 0.333. The van der Waals surface area contributed by atoms with Gasteiger partial charge in [0.2, 0.25) is 5.91 Å². The first-order valence-electron chi connectivity index (χ1n) is 10.6. The third-order valence-electron chi connectivity index (χ3n) is 5.86. The SMILES string of the molecule is Cc1cccc(NC(=O)C(C)n2cnc3c(sc4nc5c(cc43)COC(C)(C)C5)c2=O)c1. The molecule has 1 N–H and O–H groups in total. The highest BCUT2D eigenvalue weighted by Gasteiger charge is 2.28. The van der Waals surface area contributed by atoms with Crippen molar-refractivity contribution in [3.8, 4) is 0 Å². The van der Waals surface area contributed by atoms with E-state index in [1.54, 1.807) is 6.92 Å². The molecule has 4 heterocycles. The molecule has 32 heavy (non-hydrogen) atoms. The first kappa shape index (κ1) is 20.8. The number of pyridine rings is 1. The summed E-state index contributed by atoms with van der Waals surface area (Å²) in [5.74, 6) is -0.270. The van der Waals surface area contributed by atoms with Crippen molar-refractivity contribution >= 4 is 43.4 Å². The minimum absolute atomic E-state index is 0.237. The molecule has 0 bridgehead atoms. The van der Waals surface area contributed by atoms with Crippen molar-refractivity contribution in [1.82, 2.24) is 14.5 Å². The summed E-state index contributed by atoms with van der Waals surface area (Å²) in [4.78, 5) is 36.2. The van der Waals surface area contributed by atoms with E-state index in [2.05, 4.69) is 24.1 Å². The second-order valence-electron chi connectivity index (χ2n) is 8.94. The lowest BCUT2D eigenvalue weighted by Gasteiger charge is -2.30. The van der Waals surface area contributed by atoms with Crippen molar-refractivity contribution in [2.45, 2.75) is 52.4 Å². The first-order valence-corrected chi connectivity index (χ1v) is 11.4. The topological polar surface area (TPSA) is 86.1 Å². The van der Waals surface area contributed by atoms with Gasteiger partial charge in [0, 0.05) is 23.1 Å². The summed E-state index contributed by atoms with van der Waals surface area (Å²) in [5, 5.41) is 3.73. The van der Waals surface area contributed by atoms with Gasteiger partial charge < -0.3 is 10.1 Å². The van der Waals surface area contributed by atoms with Crippen LogP contribution in [0.15, 0.2) is 41.5 Å². The van der Waals surface area contributed by atoms with Crippen LogP contribution in [0.4, 0.5) is 5.69 Å². The Morgan fingerprint density at radius 1 is 1.31 bits per heavy atom. The number of thiophene rings is 1. The van der Waals surface area contributed by atoms with E-state index in [9.17, 15) is 9.59 Å². The minimum Gasteiger partial charge on any atom is -0.370 e. The predicted octanol–water partition coefficient (Wildman–Crippen LogP) is 4.37. The van der Waals surface area contributed by atoms with Crippen molar-refractivity contribution < 1.29 is 9.53 Å². The molecule has 4 aromatic rings. The van der Waals surface area contributed by atoms with Gasteiger partial charge in [0.1, 0.15) is 15.6 Å². The Morgan fingerprint density at radius 3 is 2.91 bits per heavy atom. The number of rotatable bonds is 3. The summed E-state index contributed by atoms with van der Waals surface area (Å²) in [6, 6.07) is 8.88. The predicted molar refractivity (Wildman–Crippen MR) is 126 cm³/mol. The van der Waals surface area contributed by atoms with Crippen molar-refractivity contribution in [2.75, 3.05) is 5.32 Å². The Bertz CT molecular complexity index is 1440. The van der Waals surface area contributed by atoms with Crippen molar-refractivity contribution in [3.63, 3.8) is 0 Å². The van der Waals surface area contributed by atoms with Crippen LogP contribution >= 0.6 is 11.3 Å². The van der Waals surface area contributed by atoms with Gasteiger partial charge in [-0.05, 0) is 51.5 Å². The van der Waals surface area contributed by atoms with Crippen LogP contribution in [0.2, 0.25) is 0 Å². The molecule has 8 heteroatoms. The average molecular weight is 449 g/mol. The van der Waals surface area contributed by atoms with E-state index in [1.807, 2.05) is 37.3 Å². The maximum Gasteiger partial charge on any atom is 0.272 e. The van der Waals surface area contributed by atoms with Crippen LogP contribution in [0.25, 0.3) is 20.4 Å². The van der Waals surface area contributed by atoms with Gasteiger partial charge >= 0.3 is 0 Å². The number of ether oxygens (including phenoxy) is 1. The normalized spacial score (nSPS) is 16.1. The first-order chi connectivity index (χ1) is 15.2. The zero-order valence-electron chi connectivity index (χ0n) is 18.4. The molecule has 0 radical (unpaired) electrons. The maximum atomic E-state index is 13.3. The Kier molecular flexibility index (Phi) is 4.87. The Hall–Kier alpha value is -3.10. The highest BCUT2D eigenvalue weighted by atomic mass is 32.1. The largest absolute Gasteiger partial charge is 0.370 e. The smallest absolute Gasteiger partial charge is 0.272 e. The van der Waals surface area contributed by atoms with E-state index >= 15 is 0 Å². The van der Waals surface area contributed by atoms with E-state index in [0.717, 1.165) is 33.5 Å². The Morgan fingerprint density at radius 2 is 2.12 bits per heavy atom. The number of aromatic nitrogens is 3. The van der Waals surface area contributed by atoms with Gasteiger partial charge in [0.05, 0.1) is 29.7 Å². The molecule has 1 amide bonds. The molecular formula is C24H24N4O3S. The molecule has 0 saturated carbocycles. The zero-order chi connectivity index (χ0) is 22.6. The van der Waals surface area contributed by atoms with E-state index in [0.29, 0.717) is 22.5 Å². The van der Waals surface area contributed by atoms with E-state index in [4.69, 9.17) is 9.72 Å². The number of hydrogen-bond acceptors (Lipinski definition) is 6. The average Bonchev–Trinajstić information content (AvgIpc) is 3.09. The Balaban J connectivity index is 1.52. The number of carbonyl (C=O) groups is 1. The number of nitrogens with one attached hydrogen (secondary N) is 1. The van der Waals surface area contributed by atoms with Crippen molar-refractivity contribution in [3.05, 3.63) is 63.8 Å². The lowest BCUT2D eigenvalue weighted by Crippen LogP contribution is -2.32. The van der Waals surface area contributed by atoms with Crippen LogP contribution in [0.1, 0.15) is 43.6 Å². The van der Waals surface area contributed by atoms with Gasteiger partial charge in [-0.3, -0.25) is 14.2 Å². The van der Waals surface area contributed by atoms with Gasteiger partial charge in [-0.15, -0.1) is 11.3 Å². The minimum atomic E-state index is -0.708. The number of amides is 1. The third-order valence-corrected chi connectivity index (χ3v) is 6.94. The maximum absolute atomic E-state index is 13.3. The van der Waals surface area contributed by atoms with Crippen molar-refractivity contribution in [1.29, 1.82) is 0 Å². The molecule has 5 rings (SSSR count). The summed E-state index contributed by atoms with van der Waals surface area (Å²) in [6.07, 6.45) is 2.18. The molecule has 0 saturated heterocycles. The van der Waals surface area contributed by atoms with Crippen molar-refractivity contribution in [2.24, 2.45) is 0 Å². The number of benzene rings is 1. The lowest BCUT2D eigenvalue weighted by molar-refractivity contribution is -0.118. The number of aryl methyl sites for hydroxylation is 1. The molecule has 1 aliphatic rings. The summed E-state index contributed by atoms with van der Waals surface area (Å²) >= 11 is 1.33. The van der Waals surface area contributed by atoms with Crippen LogP contribution < -0.4 is 10.9 Å². The van der Waals surface area contributed by atoms with Gasteiger partial charge in [-0.25, -0.2) is 9.97 Å². The second kappa shape index (κ2) is 7.50. The molecule has 0 fully saturated rings. The lowest BCUT2D eigenvalue weighted by atomic mass is 9.95. The van der Waals surface area contributed by atoms with Gasteiger partial charge in [0.25, 0.3) is 5.56 Å². The summed E-state index contributed by atoms with van der Waals surface area (Å²) in [7, 11) is 0. The van der Waals surface area contributed by atoms with E-state index in [-0.39, 0.29) is 17.1 Å². The number of nitrogens with zero attached hydrogens (tertiary/aromatic N) is 3. The summed E-state index contributed by atoms with van der Waals surface area (Å²) < 4.78 is 7.81. The van der Waals surface area contributed by atoms with Crippen LogP contribution in [-0.4, -0.2) is 26.0 Å². The zero-order valence-corrected chi connectivity index (χ0v) is 19.2. The molecule has 0 spiro atoms. The molecule has 1 unspecified atom stereocenters. The molecule has 7 nitrogen and oxygen atoms in total. The number of anilines is 1. The monoisotopic (exact) mass is 448 g/mol.